The van der Waals surface area contributed by atoms with Gasteiger partial charge in [-0.15, -0.1) is 0 Å². The van der Waals surface area contributed by atoms with Gasteiger partial charge < -0.3 is 15.0 Å². The Hall–Kier alpha value is -3.37. The Morgan fingerprint density at radius 3 is 2.21 bits per heavy atom. The lowest BCUT2D eigenvalue weighted by molar-refractivity contribution is -0.139. The SMILES string of the molecule is COc1ccc(C)cc1N(CC(=O)N(Cc1ccc(Br)cc1)C(C)C(=O)NC1CCCC1)S(=O)(=O)c1ccc(C)cc1. The molecule has 224 valence electrons. The number of sulfonamides is 1. The average Bonchev–Trinajstić information content (AvgIpc) is 3.48. The third-order valence-corrected chi connectivity index (χ3v) is 9.93. The van der Waals surface area contributed by atoms with E-state index in [1.165, 1.54) is 24.1 Å². The highest BCUT2D eigenvalue weighted by atomic mass is 79.9. The van der Waals surface area contributed by atoms with Crippen molar-refractivity contribution < 1.29 is 22.7 Å². The van der Waals surface area contributed by atoms with Gasteiger partial charge in [-0.1, -0.05) is 64.7 Å². The summed E-state index contributed by atoms with van der Waals surface area (Å²) >= 11 is 3.44. The van der Waals surface area contributed by atoms with Crippen molar-refractivity contribution in [3.05, 3.63) is 87.9 Å². The third kappa shape index (κ3) is 7.52. The second-order valence-corrected chi connectivity index (χ2v) is 13.6. The van der Waals surface area contributed by atoms with Crippen LogP contribution in [0.3, 0.4) is 0 Å². The number of amides is 2. The van der Waals surface area contributed by atoms with Gasteiger partial charge in [-0.2, -0.15) is 0 Å². The molecule has 1 N–H and O–H groups in total. The van der Waals surface area contributed by atoms with E-state index in [4.69, 9.17) is 4.74 Å². The Morgan fingerprint density at radius 2 is 1.60 bits per heavy atom. The Bertz CT molecular complexity index is 1500. The number of nitrogens with one attached hydrogen (secondary N) is 1. The van der Waals surface area contributed by atoms with Gasteiger partial charge in [0.2, 0.25) is 11.8 Å². The van der Waals surface area contributed by atoms with E-state index in [1.807, 2.05) is 44.2 Å². The molecule has 0 aromatic heterocycles. The summed E-state index contributed by atoms with van der Waals surface area (Å²) in [5.74, 6) is -0.449. The maximum Gasteiger partial charge on any atom is 0.264 e. The molecule has 8 nitrogen and oxygen atoms in total. The monoisotopic (exact) mass is 655 g/mol. The second-order valence-electron chi connectivity index (χ2n) is 10.8. The number of ether oxygens (including phenoxy) is 1. The van der Waals surface area contributed by atoms with Crippen molar-refractivity contribution in [3.8, 4) is 5.75 Å². The smallest absolute Gasteiger partial charge is 0.264 e. The minimum Gasteiger partial charge on any atom is -0.495 e. The number of hydrogen-bond donors (Lipinski definition) is 1. The summed E-state index contributed by atoms with van der Waals surface area (Å²) in [5, 5.41) is 3.09. The molecule has 1 atom stereocenters. The van der Waals surface area contributed by atoms with E-state index in [9.17, 15) is 18.0 Å². The molecule has 0 saturated heterocycles. The molecule has 3 aromatic carbocycles. The number of rotatable bonds is 11. The van der Waals surface area contributed by atoms with Crippen LogP contribution < -0.4 is 14.4 Å². The zero-order valence-corrected chi connectivity index (χ0v) is 26.9. The summed E-state index contributed by atoms with van der Waals surface area (Å²) in [6.07, 6.45) is 3.94. The number of carbonyl (C=O) groups excluding carboxylic acids is 2. The lowest BCUT2D eigenvalue weighted by Gasteiger charge is -2.33. The first kappa shape index (κ1) is 31.6. The molecule has 3 aromatic rings. The highest BCUT2D eigenvalue weighted by Gasteiger charge is 2.34. The van der Waals surface area contributed by atoms with E-state index in [-0.39, 0.29) is 29.1 Å². The van der Waals surface area contributed by atoms with Crippen LogP contribution in [0.2, 0.25) is 0 Å². The van der Waals surface area contributed by atoms with E-state index in [0.29, 0.717) is 5.75 Å². The number of aryl methyl sites for hydroxylation is 2. The molecule has 10 heteroatoms. The van der Waals surface area contributed by atoms with E-state index >= 15 is 0 Å². The van der Waals surface area contributed by atoms with Crippen molar-refractivity contribution in [2.45, 2.75) is 70.0 Å². The zero-order valence-electron chi connectivity index (χ0n) is 24.5. The van der Waals surface area contributed by atoms with Crippen molar-refractivity contribution in [1.82, 2.24) is 10.2 Å². The molecular weight excluding hydrogens is 618 g/mol. The zero-order chi connectivity index (χ0) is 30.4. The molecule has 0 heterocycles. The summed E-state index contributed by atoms with van der Waals surface area (Å²) in [7, 11) is -2.73. The first-order chi connectivity index (χ1) is 20.0. The highest BCUT2D eigenvalue weighted by Crippen LogP contribution is 2.34. The molecule has 42 heavy (non-hydrogen) atoms. The van der Waals surface area contributed by atoms with Crippen LogP contribution in [0.15, 0.2) is 76.1 Å². The molecular formula is C32H38BrN3O5S. The average molecular weight is 657 g/mol. The second kappa shape index (κ2) is 13.7. The van der Waals surface area contributed by atoms with Crippen LogP contribution in [0.1, 0.15) is 49.3 Å². The lowest BCUT2D eigenvalue weighted by Crippen LogP contribution is -2.52. The topological polar surface area (TPSA) is 96.0 Å². The standard InChI is InChI=1S/C32H38BrN3O5S/c1-22-9-16-28(17-10-22)42(39,40)36(29-19-23(2)11-18-30(29)41-4)21-31(37)35(20-25-12-14-26(33)15-13-25)24(3)32(38)34-27-7-5-6-8-27/h9-19,24,27H,5-8,20-21H2,1-4H3,(H,34,38). The van der Waals surface area contributed by atoms with Gasteiger partial charge in [-0.05, 0) is 81.1 Å². The maximum absolute atomic E-state index is 14.2. The Morgan fingerprint density at radius 1 is 0.976 bits per heavy atom. The number of methoxy groups -OCH3 is 1. The van der Waals surface area contributed by atoms with Gasteiger partial charge in [-0.3, -0.25) is 13.9 Å². The summed E-state index contributed by atoms with van der Waals surface area (Å²) < 4.78 is 35.8. The molecule has 0 aliphatic heterocycles. The summed E-state index contributed by atoms with van der Waals surface area (Å²) in [4.78, 5) is 29.1. The number of anilines is 1. The fourth-order valence-corrected chi connectivity index (χ4v) is 6.79. The van der Waals surface area contributed by atoms with Gasteiger partial charge in [0.15, 0.2) is 0 Å². The first-order valence-electron chi connectivity index (χ1n) is 14.1. The predicted molar refractivity (Wildman–Crippen MR) is 168 cm³/mol. The minimum atomic E-state index is -4.19. The third-order valence-electron chi connectivity index (χ3n) is 7.63. The predicted octanol–water partition coefficient (Wildman–Crippen LogP) is 5.75. The van der Waals surface area contributed by atoms with Crippen molar-refractivity contribution in [1.29, 1.82) is 0 Å². The first-order valence-corrected chi connectivity index (χ1v) is 16.3. The molecule has 1 fully saturated rings. The Labute approximate surface area is 257 Å². The van der Waals surface area contributed by atoms with Crippen LogP contribution in [0.5, 0.6) is 5.75 Å². The van der Waals surface area contributed by atoms with Crippen LogP contribution in [-0.2, 0) is 26.2 Å². The van der Waals surface area contributed by atoms with Crippen LogP contribution in [0.4, 0.5) is 5.69 Å². The van der Waals surface area contributed by atoms with Crippen LogP contribution in [0.25, 0.3) is 0 Å². The van der Waals surface area contributed by atoms with E-state index < -0.39 is 28.5 Å². The van der Waals surface area contributed by atoms with E-state index in [1.54, 1.807) is 31.2 Å². The Balaban J connectivity index is 1.73. The lowest BCUT2D eigenvalue weighted by atomic mass is 10.1. The van der Waals surface area contributed by atoms with Crippen LogP contribution in [-0.4, -0.2) is 50.9 Å². The van der Waals surface area contributed by atoms with Crippen molar-refractivity contribution in [2.75, 3.05) is 18.0 Å². The molecule has 0 radical (unpaired) electrons. The molecule has 1 saturated carbocycles. The van der Waals surface area contributed by atoms with Gasteiger partial charge in [0.1, 0.15) is 18.3 Å². The molecule has 0 spiro atoms. The van der Waals surface area contributed by atoms with Crippen molar-refractivity contribution in [2.24, 2.45) is 0 Å². The van der Waals surface area contributed by atoms with Crippen LogP contribution in [0, 0.1) is 13.8 Å². The minimum absolute atomic E-state index is 0.0518. The molecule has 4 rings (SSSR count). The molecule has 1 unspecified atom stereocenters. The fourth-order valence-electron chi connectivity index (χ4n) is 5.11. The van der Waals surface area contributed by atoms with Gasteiger partial charge in [0.25, 0.3) is 10.0 Å². The number of nitrogens with zero attached hydrogens (tertiary/aromatic N) is 2. The largest absolute Gasteiger partial charge is 0.495 e. The quantitative estimate of drug-likeness (QED) is 0.284. The maximum atomic E-state index is 14.2. The highest BCUT2D eigenvalue weighted by molar-refractivity contribution is 9.10. The van der Waals surface area contributed by atoms with Crippen LogP contribution >= 0.6 is 15.9 Å². The molecule has 1 aliphatic rings. The number of benzene rings is 3. The summed E-state index contributed by atoms with van der Waals surface area (Å²) in [5.41, 5.74) is 2.78. The summed E-state index contributed by atoms with van der Waals surface area (Å²) in [6, 6.07) is 18.4. The fraction of sp³-hybridized carbons (Fsp3) is 0.375. The van der Waals surface area contributed by atoms with Gasteiger partial charge in [-0.25, -0.2) is 8.42 Å². The van der Waals surface area contributed by atoms with E-state index in [2.05, 4.69) is 21.2 Å². The molecule has 2 amide bonds. The number of hydrogen-bond acceptors (Lipinski definition) is 5. The molecule has 0 bridgehead atoms. The van der Waals surface area contributed by atoms with Gasteiger partial charge >= 0.3 is 0 Å². The Kier molecular flexibility index (Phi) is 10.3. The molecule has 1 aliphatic carbocycles. The van der Waals surface area contributed by atoms with Gasteiger partial charge in [0, 0.05) is 17.1 Å². The van der Waals surface area contributed by atoms with Gasteiger partial charge in [0.05, 0.1) is 17.7 Å². The van der Waals surface area contributed by atoms with E-state index in [0.717, 1.165) is 51.2 Å². The normalized spacial score (nSPS) is 14.3. The number of carbonyl (C=O) groups is 2. The van der Waals surface area contributed by atoms with Crippen molar-refractivity contribution >= 4 is 43.5 Å². The number of halogens is 1. The summed E-state index contributed by atoms with van der Waals surface area (Å²) in [6.45, 7) is 5.02. The van der Waals surface area contributed by atoms with Crippen molar-refractivity contribution in [3.63, 3.8) is 0 Å².